The highest BCUT2D eigenvalue weighted by atomic mass is 35.5. The Morgan fingerprint density at radius 2 is 1.58 bits per heavy atom. The van der Waals surface area contributed by atoms with Crippen LogP contribution in [0.25, 0.3) is 0 Å². The molecule has 0 bridgehead atoms. The minimum atomic E-state index is 0.291. The number of hydrogen-bond donors (Lipinski definition) is 0. The second-order valence-electron chi connectivity index (χ2n) is 1.88. The van der Waals surface area contributed by atoms with Gasteiger partial charge in [0.25, 0.3) is 6.47 Å². The van der Waals surface area contributed by atoms with Gasteiger partial charge in [-0.05, 0) is 0 Å². The molecule has 72 valence electrons. The Kier molecular flexibility index (Phi) is 10.4. The van der Waals surface area contributed by atoms with Crippen LogP contribution < -0.4 is 0 Å². The Morgan fingerprint density at radius 1 is 1.00 bits per heavy atom. The van der Waals surface area contributed by atoms with Gasteiger partial charge < -0.3 is 14.2 Å². The summed E-state index contributed by atoms with van der Waals surface area (Å²) in [6.45, 7) is 2.65. The van der Waals surface area contributed by atoms with E-state index in [0.29, 0.717) is 45.4 Å². The maximum absolute atomic E-state index is 9.66. The Morgan fingerprint density at radius 3 is 2.17 bits per heavy atom. The van der Waals surface area contributed by atoms with E-state index in [0.717, 1.165) is 0 Å². The van der Waals surface area contributed by atoms with Crippen molar-refractivity contribution >= 4 is 18.1 Å². The minimum absolute atomic E-state index is 0.291. The smallest absolute Gasteiger partial charge is 0.293 e. The molecule has 0 saturated carbocycles. The van der Waals surface area contributed by atoms with Crippen molar-refractivity contribution in [3.05, 3.63) is 0 Å². The van der Waals surface area contributed by atoms with Crippen LogP contribution in [0.1, 0.15) is 0 Å². The van der Waals surface area contributed by atoms with Gasteiger partial charge in [-0.3, -0.25) is 4.79 Å². The van der Waals surface area contributed by atoms with Gasteiger partial charge >= 0.3 is 0 Å². The first-order valence-corrected chi connectivity index (χ1v) is 4.22. The van der Waals surface area contributed by atoms with Crippen LogP contribution in [-0.2, 0) is 19.0 Å². The van der Waals surface area contributed by atoms with Crippen molar-refractivity contribution in [2.75, 3.05) is 38.9 Å². The zero-order valence-electron chi connectivity index (χ0n) is 6.83. The van der Waals surface area contributed by atoms with Gasteiger partial charge in [0.15, 0.2) is 0 Å². The van der Waals surface area contributed by atoms with Crippen LogP contribution >= 0.6 is 11.6 Å². The Labute approximate surface area is 76.7 Å². The molecule has 0 aliphatic carbocycles. The van der Waals surface area contributed by atoms with Crippen LogP contribution in [0, 0.1) is 0 Å². The first-order chi connectivity index (χ1) is 5.91. The molecule has 0 spiro atoms. The fourth-order valence-electron chi connectivity index (χ4n) is 0.532. The highest BCUT2D eigenvalue weighted by molar-refractivity contribution is 6.17. The van der Waals surface area contributed by atoms with Crippen LogP contribution in [0.5, 0.6) is 0 Å². The lowest BCUT2D eigenvalue weighted by atomic mass is 10.7. The third-order valence-electron chi connectivity index (χ3n) is 1.01. The summed E-state index contributed by atoms with van der Waals surface area (Å²) in [5.41, 5.74) is 0. The van der Waals surface area contributed by atoms with Crippen molar-refractivity contribution in [2.24, 2.45) is 0 Å². The summed E-state index contributed by atoms with van der Waals surface area (Å²) in [5.74, 6) is 0.494. The van der Waals surface area contributed by atoms with E-state index in [2.05, 4.69) is 4.74 Å². The van der Waals surface area contributed by atoms with Gasteiger partial charge in [-0.15, -0.1) is 11.6 Å². The van der Waals surface area contributed by atoms with Crippen LogP contribution in [0.15, 0.2) is 0 Å². The van der Waals surface area contributed by atoms with Gasteiger partial charge in [0.05, 0.1) is 26.4 Å². The predicted octanol–water partition coefficient (Wildman–Crippen LogP) is 0.431. The first kappa shape index (κ1) is 11.7. The van der Waals surface area contributed by atoms with Crippen molar-refractivity contribution in [3.63, 3.8) is 0 Å². The first-order valence-electron chi connectivity index (χ1n) is 3.68. The van der Waals surface area contributed by atoms with Crippen LogP contribution in [0.4, 0.5) is 0 Å². The van der Waals surface area contributed by atoms with Gasteiger partial charge in [-0.25, -0.2) is 0 Å². The Balaban J connectivity index is 2.77. The summed E-state index contributed by atoms with van der Waals surface area (Å²) in [6.07, 6.45) is 0. The number of ether oxygens (including phenoxy) is 3. The molecule has 0 radical (unpaired) electrons. The van der Waals surface area contributed by atoms with E-state index in [1.165, 1.54) is 0 Å². The predicted molar refractivity (Wildman–Crippen MR) is 44.4 cm³/mol. The third-order valence-corrected chi connectivity index (χ3v) is 1.16. The molecule has 0 amide bonds. The average molecular weight is 197 g/mol. The summed E-state index contributed by atoms with van der Waals surface area (Å²) in [4.78, 5) is 9.66. The second-order valence-corrected chi connectivity index (χ2v) is 2.26. The molecule has 0 aliphatic heterocycles. The largest absolute Gasteiger partial charge is 0.465 e. The van der Waals surface area contributed by atoms with E-state index in [1.54, 1.807) is 0 Å². The lowest BCUT2D eigenvalue weighted by Gasteiger charge is -2.03. The summed E-state index contributed by atoms with van der Waals surface area (Å²) < 4.78 is 14.4. The Hall–Kier alpha value is -0.320. The van der Waals surface area contributed by atoms with Crippen molar-refractivity contribution in [1.29, 1.82) is 0 Å². The van der Waals surface area contributed by atoms with Crippen LogP contribution in [0.3, 0.4) is 0 Å². The maximum atomic E-state index is 9.66. The van der Waals surface area contributed by atoms with Gasteiger partial charge in [-0.1, -0.05) is 0 Å². The van der Waals surface area contributed by atoms with E-state index >= 15 is 0 Å². The number of alkyl halides is 1. The number of hydrogen-bond acceptors (Lipinski definition) is 4. The van der Waals surface area contributed by atoms with Crippen LogP contribution in [0.2, 0.25) is 0 Å². The molecule has 0 aromatic carbocycles. The molecule has 0 N–H and O–H groups in total. The van der Waals surface area contributed by atoms with Gasteiger partial charge in [0.1, 0.15) is 6.61 Å². The molecule has 0 atom stereocenters. The molecule has 0 fully saturated rings. The third kappa shape index (κ3) is 9.68. The highest BCUT2D eigenvalue weighted by Crippen LogP contribution is 1.81. The van der Waals surface area contributed by atoms with Crippen molar-refractivity contribution in [1.82, 2.24) is 0 Å². The molecule has 0 rings (SSSR count). The zero-order chi connectivity index (χ0) is 9.07. The van der Waals surface area contributed by atoms with Gasteiger partial charge in [-0.2, -0.15) is 0 Å². The molecular weight excluding hydrogens is 184 g/mol. The maximum Gasteiger partial charge on any atom is 0.293 e. The fraction of sp³-hybridized carbons (Fsp3) is 0.857. The van der Waals surface area contributed by atoms with Crippen molar-refractivity contribution < 1.29 is 19.0 Å². The SMILES string of the molecule is O=COCCOCCOCCCl. The normalized spacial score (nSPS) is 9.75. The monoisotopic (exact) mass is 196 g/mol. The van der Waals surface area contributed by atoms with Gasteiger partial charge in [0.2, 0.25) is 0 Å². The van der Waals surface area contributed by atoms with E-state index < -0.39 is 0 Å². The quantitative estimate of drug-likeness (QED) is 0.305. The number of halogens is 1. The van der Waals surface area contributed by atoms with E-state index in [1.807, 2.05) is 0 Å². The van der Waals surface area contributed by atoms with Crippen molar-refractivity contribution in [3.8, 4) is 0 Å². The minimum Gasteiger partial charge on any atom is -0.465 e. The highest BCUT2D eigenvalue weighted by Gasteiger charge is 1.89. The zero-order valence-corrected chi connectivity index (χ0v) is 7.59. The molecule has 0 aliphatic rings. The number of carbonyl (C=O) groups is 1. The van der Waals surface area contributed by atoms with E-state index in [4.69, 9.17) is 21.1 Å². The molecule has 0 unspecified atom stereocenters. The molecule has 4 nitrogen and oxygen atoms in total. The van der Waals surface area contributed by atoms with Crippen molar-refractivity contribution in [2.45, 2.75) is 0 Å². The number of carbonyl (C=O) groups excluding carboxylic acids is 1. The molecule has 12 heavy (non-hydrogen) atoms. The lowest BCUT2D eigenvalue weighted by molar-refractivity contribution is -0.130. The summed E-state index contributed by atoms with van der Waals surface area (Å²) in [5, 5.41) is 0. The lowest BCUT2D eigenvalue weighted by Crippen LogP contribution is -2.09. The van der Waals surface area contributed by atoms with Crippen LogP contribution in [-0.4, -0.2) is 45.4 Å². The van der Waals surface area contributed by atoms with E-state index in [-0.39, 0.29) is 0 Å². The molecule has 0 aromatic rings. The molecule has 0 aromatic heterocycles. The van der Waals surface area contributed by atoms with E-state index in [9.17, 15) is 4.79 Å². The fourth-order valence-corrected chi connectivity index (χ4v) is 0.641. The Bertz CT molecular complexity index is 99.4. The number of rotatable bonds is 9. The molecule has 0 heterocycles. The second kappa shape index (κ2) is 10.7. The molecule has 5 heteroatoms. The standard InChI is InChI=1S/C7H13ClO4/c8-1-2-10-3-4-11-5-6-12-7-9/h7H,1-6H2. The summed E-state index contributed by atoms with van der Waals surface area (Å²) in [7, 11) is 0. The molecule has 0 saturated heterocycles. The average Bonchev–Trinajstić information content (AvgIpc) is 2.10. The summed E-state index contributed by atoms with van der Waals surface area (Å²) >= 11 is 5.36. The van der Waals surface area contributed by atoms with Gasteiger partial charge in [0, 0.05) is 5.88 Å². The molecular formula is C7H13ClO4. The summed E-state index contributed by atoms with van der Waals surface area (Å²) in [6, 6.07) is 0. The topological polar surface area (TPSA) is 44.8 Å².